The van der Waals surface area contributed by atoms with Crippen molar-refractivity contribution < 1.29 is 18.0 Å². The maximum absolute atomic E-state index is 12.6. The number of carbonyl (C=O) groups is 1. The van der Waals surface area contributed by atoms with Crippen molar-refractivity contribution in [2.24, 2.45) is 0 Å². The summed E-state index contributed by atoms with van der Waals surface area (Å²) in [5, 5.41) is 5.42. The maximum atomic E-state index is 12.6. The molecule has 0 unspecified atom stereocenters. The second-order valence-corrected chi connectivity index (χ2v) is 5.75. The zero-order valence-corrected chi connectivity index (χ0v) is 12.1. The molecule has 0 heterocycles. The number of carbonyl (C=O) groups excluding carboxylic acids is 1. The number of benzene rings is 1. The van der Waals surface area contributed by atoms with E-state index in [9.17, 15) is 18.0 Å². The Morgan fingerprint density at radius 3 is 2.35 bits per heavy atom. The van der Waals surface area contributed by atoms with E-state index in [4.69, 9.17) is 11.6 Å². The van der Waals surface area contributed by atoms with Crippen LogP contribution in [0.1, 0.15) is 26.3 Å². The third kappa shape index (κ3) is 5.28. The Bertz CT molecular complexity index is 495. The molecule has 20 heavy (non-hydrogen) atoms. The normalized spacial score (nSPS) is 12.2. The van der Waals surface area contributed by atoms with Crippen LogP contribution in [0.3, 0.4) is 0 Å². The van der Waals surface area contributed by atoms with E-state index in [-0.39, 0.29) is 23.2 Å². The van der Waals surface area contributed by atoms with E-state index >= 15 is 0 Å². The molecule has 3 nitrogen and oxygen atoms in total. The van der Waals surface area contributed by atoms with Gasteiger partial charge in [0.1, 0.15) is 0 Å². The zero-order valence-electron chi connectivity index (χ0n) is 11.4. The van der Waals surface area contributed by atoms with Crippen LogP contribution >= 0.6 is 11.6 Å². The Hall–Kier alpha value is -1.43. The molecule has 1 amide bonds. The molecule has 0 radical (unpaired) electrons. The standard InChI is InChI=1S/C13H16ClF3N2O/c1-12(2,3)19-11(20)7-18-10-6-8(13(15,16)17)4-5-9(10)14/h4-6,18H,7H2,1-3H3,(H,19,20). The van der Waals surface area contributed by atoms with Gasteiger partial charge in [0.05, 0.1) is 22.8 Å². The van der Waals surface area contributed by atoms with Gasteiger partial charge in [0.15, 0.2) is 0 Å². The number of hydrogen-bond donors (Lipinski definition) is 2. The van der Waals surface area contributed by atoms with E-state index in [0.29, 0.717) is 0 Å². The van der Waals surface area contributed by atoms with Gasteiger partial charge in [-0.15, -0.1) is 0 Å². The minimum atomic E-state index is -4.45. The summed E-state index contributed by atoms with van der Waals surface area (Å²) in [6.45, 7) is 5.27. The quantitative estimate of drug-likeness (QED) is 0.894. The number of halogens is 4. The Balaban J connectivity index is 2.75. The Labute approximate surface area is 120 Å². The number of hydrogen-bond acceptors (Lipinski definition) is 2. The highest BCUT2D eigenvalue weighted by molar-refractivity contribution is 6.33. The first kappa shape index (κ1) is 16.6. The molecule has 7 heteroatoms. The van der Waals surface area contributed by atoms with Crippen molar-refractivity contribution in [3.63, 3.8) is 0 Å². The molecule has 0 aromatic heterocycles. The Kier molecular flexibility index (Phi) is 4.91. The molecule has 0 saturated carbocycles. The molecule has 0 aliphatic carbocycles. The summed E-state index contributed by atoms with van der Waals surface area (Å²) in [5.41, 5.74) is -1.15. The van der Waals surface area contributed by atoms with Gasteiger partial charge in [0.2, 0.25) is 5.91 Å². The van der Waals surface area contributed by atoms with Crippen molar-refractivity contribution in [1.29, 1.82) is 0 Å². The van der Waals surface area contributed by atoms with Crippen LogP contribution in [0.5, 0.6) is 0 Å². The number of amides is 1. The van der Waals surface area contributed by atoms with Crippen LogP contribution in [0.15, 0.2) is 18.2 Å². The van der Waals surface area contributed by atoms with Gasteiger partial charge in [0.25, 0.3) is 0 Å². The zero-order chi connectivity index (χ0) is 15.6. The predicted octanol–water partition coefficient (Wildman–Crippen LogP) is 3.69. The van der Waals surface area contributed by atoms with Crippen molar-refractivity contribution in [3.8, 4) is 0 Å². The molecule has 0 bridgehead atoms. The highest BCUT2D eigenvalue weighted by Gasteiger charge is 2.31. The van der Waals surface area contributed by atoms with Gasteiger partial charge in [-0.2, -0.15) is 13.2 Å². The number of anilines is 1. The summed E-state index contributed by atoms with van der Waals surface area (Å²) in [5.74, 6) is -0.328. The van der Waals surface area contributed by atoms with Crippen molar-refractivity contribution in [1.82, 2.24) is 5.32 Å². The van der Waals surface area contributed by atoms with Gasteiger partial charge in [-0.25, -0.2) is 0 Å². The van der Waals surface area contributed by atoms with Gasteiger partial charge in [0, 0.05) is 5.54 Å². The Morgan fingerprint density at radius 1 is 1.25 bits per heavy atom. The second kappa shape index (κ2) is 5.91. The fourth-order valence-corrected chi connectivity index (χ4v) is 1.66. The summed E-state index contributed by atoms with van der Waals surface area (Å²) in [4.78, 5) is 11.6. The van der Waals surface area contributed by atoms with Crippen LogP contribution < -0.4 is 10.6 Å². The number of rotatable bonds is 3. The lowest BCUT2D eigenvalue weighted by atomic mass is 10.1. The topological polar surface area (TPSA) is 41.1 Å². The van der Waals surface area contributed by atoms with Crippen LogP contribution in [0.4, 0.5) is 18.9 Å². The highest BCUT2D eigenvalue weighted by atomic mass is 35.5. The fourth-order valence-electron chi connectivity index (χ4n) is 1.48. The van der Waals surface area contributed by atoms with Crippen molar-refractivity contribution >= 4 is 23.2 Å². The van der Waals surface area contributed by atoms with Crippen LogP contribution in [0.25, 0.3) is 0 Å². The molecular formula is C13H16ClF3N2O. The summed E-state index contributed by atoms with van der Waals surface area (Å²) in [7, 11) is 0. The van der Waals surface area contributed by atoms with Crippen molar-refractivity contribution in [2.45, 2.75) is 32.5 Å². The molecule has 0 fully saturated rings. The summed E-state index contributed by atoms with van der Waals surface area (Å²) in [6, 6.07) is 2.92. The second-order valence-electron chi connectivity index (χ2n) is 5.34. The van der Waals surface area contributed by atoms with E-state index in [2.05, 4.69) is 10.6 Å². The molecule has 1 aromatic rings. The van der Waals surface area contributed by atoms with E-state index in [1.807, 2.05) is 20.8 Å². The molecule has 112 valence electrons. The third-order valence-corrected chi connectivity index (χ3v) is 2.58. The van der Waals surface area contributed by atoms with Crippen molar-refractivity contribution in [2.75, 3.05) is 11.9 Å². The third-order valence-electron chi connectivity index (χ3n) is 2.25. The molecule has 0 atom stereocenters. The molecule has 0 spiro atoms. The van der Waals surface area contributed by atoms with Gasteiger partial charge >= 0.3 is 6.18 Å². The van der Waals surface area contributed by atoms with Crippen LogP contribution in [0, 0.1) is 0 Å². The average Bonchev–Trinajstić information content (AvgIpc) is 2.24. The number of alkyl halides is 3. The lowest BCUT2D eigenvalue weighted by Crippen LogP contribution is -2.43. The molecule has 0 aliphatic rings. The van der Waals surface area contributed by atoms with Crippen LogP contribution in [-0.2, 0) is 11.0 Å². The predicted molar refractivity (Wildman–Crippen MR) is 72.8 cm³/mol. The van der Waals surface area contributed by atoms with E-state index < -0.39 is 17.3 Å². The molecule has 1 rings (SSSR count). The van der Waals surface area contributed by atoms with E-state index in [0.717, 1.165) is 18.2 Å². The first-order valence-corrected chi connectivity index (χ1v) is 6.28. The lowest BCUT2D eigenvalue weighted by molar-refractivity contribution is -0.137. The molecule has 2 N–H and O–H groups in total. The fraction of sp³-hybridized carbons (Fsp3) is 0.462. The van der Waals surface area contributed by atoms with Crippen LogP contribution in [0.2, 0.25) is 5.02 Å². The minimum Gasteiger partial charge on any atom is -0.375 e. The van der Waals surface area contributed by atoms with Crippen molar-refractivity contribution in [3.05, 3.63) is 28.8 Å². The molecule has 1 aromatic carbocycles. The summed E-state index contributed by atoms with van der Waals surface area (Å²) < 4.78 is 37.7. The van der Waals surface area contributed by atoms with Gasteiger partial charge in [-0.3, -0.25) is 4.79 Å². The highest BCUT2D eigenvalue weighted by Crippen LogP contribution is 2.33. The van der Waals surface area contributed by atoms with E-state index in [1.54, 1.807) is 0 Å². The first-order valence-electron chi connectivity index (χ1n) is 5.91. The summed E-state index contributed by atoms with van der Waals surface area (Å²) in [6.07, 6.45) is -4.45. The smallest absolute Gasteiger partial charge is 0.375 e. The van der Waals surface area contributed by atoms with E-state index in [1.165, 1.54) is 0 Å². The minimum absolute atomic E-state index is 0.0746. The SMILES string of the molecule is CC(C)(C)NC(=O)CNc1cc(C(F)(F)F)ccc1Cl. The maximum Gasteiger partial charge on any atom is 0.416 e. The largest absolute Gasteiger partial charge is 0.416 e. The van der Waals surface area contributed by atoms with Crippen LogP contribution in [-0.4, -0.2) is 18.0 Å². The average molecular weight is 309 g/mol. The lowest BCUT2D eigenvalue weighted by Gasteiger charge is -2.21. The van der Waals surface area contributed by atoms with Gasteiger partial charge in [-0.1, -0.05) is 11.6 Å². The van der Waals surface area contributed by atoms with Gasteiger partial charge < -0.3 is 10.6 Å². The molecular weight excluding hydrogens is 293 g/mol. The molecule has 0 aliphatic heterocycles. The first-order chi connectivity index (χ1) is 8.99. The number of nitrogens with one attached hydrogen (secondary N) is 2. The summed E-state index contributed by atoms with van der Waals surface area (Å²) >= 11 is 5.80. The Morgan fingerprint density at radius 2 is 1.85 bits per heavy atom. The monoisotopic (exact) mass is 308 g/mol. The molecule has 0 saturated heterocycles. The van der Waals surface area contributed by atoms with Gasteiger partial charge in [-0.05, 0) is 39.0 Å².